The lowest BCUT2D eigenvalue weighted by Crippen LogP contribution is -2.24. The fraction of sp³-hybridized carbons (Fsp3) is 0.115. The first kappa shape index (κ1) is 20.2. The van der Waals surface area contributed by atoms with Crippen molar-refractivity contribution in [3.8, 4) is 0 Å². The molecule has 2 heterocycles. The van der Waals surface area contributed by atoms with Gasteiger partial charge in [0.1, 0.15) is 5.56 Å². The highest BCUT2D eigenvalue weighted by molar-refractivity contribution is 6.31. The monoisotopic (exact) mass is 442 g/mol. The van der Waals surface area contributed by atoms with Crippen LogP contribution in [-0.4, -0.2) is 16.3 Å². The van der Waals surface area contributed by atoms with Gasteiger partial charge in [-0.05, 0) is 43.2 Å². The molecule has 5 nitrogen and oxygen atoms in total. The lowest BCUT2D eigenvalue weighted by molar-refractivity contribution is 0.102. The minimum absolute atomic E-state index is 0.0384. The van der Waals surface area contributed by atoms with Crippen molar-refractivity contribution in [3.63, 3.8) is 0 Å². The molecule has 0 bridgehead atoms. The van der Waals surface area contributed by atoms with E-state index in [1.165, 1.54) is 6.07 Å². The van der Waals surface area contributed by atoms with Crippen molar-refractivity contribution in [2.45, 2.75) is 19.4 Å². The minimum atomic E-state index is -0.561. The molecule has 1 aliphatic heterocycles. The highest BCUT2D eigenvalue weighted by Crippen LogP contribution is 2.31. The second-order valence-corrected chi connectivity index (χ2v) is 8.42. The van der Waals surface area contributed by atoms with Gasteiger partial charge in [-0.15, -0.1) is 0 Å². The van der Waals surface area contributed by atoms with Crippen LogP contribution in [0.5, 0.6) is 0 Å². The number of benzene rings is 3. The Labute approximate surface area is 189 Å². The molecule has 0 radical (unpaired) electrons. The van der Waals surface area contributed by atoms with E-state index in [-0.39, 0.29) is 28.4 Å². The lowest BCUT2D eigenvalue weighted by atomic mass is 10.0. The average Bonchev–Trinajstić information content (AvgIpc) is 3.13. The number of para-hydroxylation sites is 1. The number of hydrogen-bond acceptors (Lipinski definition) is 3. The van der Waals surface area contributed by atoms with Crippen molar-refractivity contribution >= 4 is 39.9 Å². The van der Waals surface area contributed by atoms with Gasteiger partial charge in [0.15, 0.2) is 5.78 Å². The third-order valence-electron chi connectivity index (χ3n) is 5.88. The summed E-state index contributed by atoms with van der Waals surface area (Å²) in [5, 5.41) is 3.66. The molecule has 1 unspecified atom stereocenters. The third kappa shape index (κ3) is 3.31. The summed E-state index contributed by atoms with van der Waals surface area (Å²) in [5.41, 5.74) is 2.74. The molecule has 0 saturated heterocycles. The summed E-state index contributed by atoms with van der Waals surface area (Å²) in [6.07, 6.45) is 2.44. The van der Waals surface area contributed by atoms with E-state index in [9.17, 15) is 14.4 Å². The minimum Gasteiger partial charge on any atom is -0.343 e. The van der Waals surface area contributed by atoms with Crippen molar-refractivity contribution in [2.24, 2.45) is 0 Å². The van der Waals surface area contributed by atoms with E-state index in [0.717, 1.165) is 17.5 Å². The maximum Gasteiger partial charge on any atom is 0.261 e. The van der Waals surface area contributed by atoms with E-state index in [1.807, 2.05) is 22.8 Å². The number of rotatable bonds is 4. The van der Waals surface area contributed by atoms with Gasteiger partial charge in [0, 0.05) is 33.8 Å². The van der Waals surface area contributed by atoms with Crippen LogP contribution < -0.4 is 10.7 Å². The maximum atomic E-state index is 13.2. The van der Waals surface area contributed by atoms with Crippen LogP contribution in [0, 0.1) is 0 Å². The van der Waals surface area contributed by atoms with E-state index in [0.29, 0.717) is 21.7 Å². The Bertz CT molecular complexity index is 1460. The molecular weight excluding hydrogens is 424 g/mol. The number of amides is 1. The van der Waals surface area contributed by atoms with E-state index >= 15 is 0 Å². The van der Waals surface area contributed by atoms with Gasteiger partial charge >= 0.3 is 0 Å². The second kappa shape index (κ2) is 7.77. The molecule has 158 valence electrons. The fourth-order valence-corrected chi connectivity index (χ4v) is 4.50. The van der Waals surface area contributed by atoms with Gasteiger partial charge in [-0.1, -0.05) is 54.1 Å². The molecule has 1 aliphatic rings. The third-order valence-corrected chi connectivity index (χ3v) is 6.12. The number of hydrogen-bond donors (Lipinski definition) is 1. The molecule has 1 amide bonds. The Morgan fingerprint density at radius 2 is 1.78 bits per heavy atom. The molecule has 0 fully saturated rings. The van der Waals surface area contributed by atoms with Crippen LogP contribution in [0.15, 0.2) is 77.7 Å². The summed E-state index contributed by atoms with van der Waals surface area (Å²) in [6, 6.07) is 19.2. The maximum absolute atomic E-state index is 13.2. The van der Waals surface area contributed by atoms with E-state index in [2.05, 4.69) is 12.2 Å². The number of ketones is 1. The van der Waals surface area contributed by atoms with Crippen LogP contribution in [0.2, 0.25) is 5.02 Å². The zero-order chi connectivity index (χ0) is 22.4. The van der Waals surface area contributed by atoms with Crippen LogP contribution in [0.1, 0.15) is 44.8 Å². The lowest BCUT2D eigenvalue weighted by Gasteiger charge is -2.14. The van der Waals surface area contributed by atoms with Gasteiger partial charge in [0.25, 0.3) is 5.91 Å². The molecular formula is C26H19ClN2O3. The first-order chi connectivity index (χ1) is 15.4. The van der Waals surface area contributed by atoms with Gasteiger partial charge in [-0.25, -0.2) is 0 Å². The SMILES string of the molecule is CC1Cc2cccc3c(=O)c(C(=O)Nc4ccc(Cl)cc4C(=O)c4ccccc4)cn1c23. The summed E-state index contributed by atoms with van der Waals surface area (Å²) in [5.74, 6) is -0.829. The Kier molecular flexibility index (Phi) is 4.91. The number of halogens is 1. The summed E-state index contributed by atoms with van der Waals surface area (Å²) < 4.78 is 1.98. The highest BCUT2D eigenvalue weighted by atomic mass is 35.5. The second-order valence-electron chi connectivity index (χ2n) is 7.98. The Hall–Kier alpha value is -3.70. The zero-order valence-corrected chi connectivity index (χ0v) is 18.0. The van der Waals surface area contributed by atoms with Crippen LogP contribution in [0.3, 0.4) is 0 Å². The van der Waals surface area contributed by atoms with Crippen molar-refractivity contribution in [3.05, 3.63) is 110 Å². The smallest absolute Gasteiger partial charge is 0.261 e. The number of pyridine rings is 1. The van der Waals surface area contributed by atoms with Crippen molar-refractivity contribution < 1.29 is 9.59 Å². The van der Waals surface area contributed by atoms with Crippen molar-refractivity contribution in [1.82, 2.24) is 4.57 Å². The first-order valence-electron chi connectivity index (χ1n) is 10.3. The largest absolute Gasteiger partial charge is 0.343 e. The summed E-state index contributed by atoms with van der Waals surface area (Å²) in [4.78, 5) is 39.4. The van der Waals surface area contributed by atoms with Crippen molar-refractivity contribution in [1.29, 1.82) is 0 Å². The normalized spacial score (nSPS) is 14.5. The van der Waals surface area contributed by atoms with Gasteiger partial charge in [0.2, 0.25) is 5.43 Å². The Morgan fingerprint density at radius 1 is 1.00 bits per heavy atom. The van der Waals surface area contributed by atoms with Crippen LogP contribution in [0.4, 0.5) is 5.69 Å². The zero-order valence-electron chi connectivity index (χ0n) is 17.3. The number of nitrogens with one attached hydrogen (secondary N) is 1. The molecule has 0 saturated carbocycles. The summed E-state index contributed by atoms with van der Waals surface area (Å²) >= 11 is 6.14. The first-order valence-corrected chi connectivity index (χ1v) is 10.7. The number of carbonyl (C=O) groups is 2. The van der Waals surface area contributed by atoms with Crippen LogP contribution in [-0.2, 0) is 6.42 Å². The molecule has 6 heteroatoms. The van der Waals surface area contributed by atoms with E-state index in [4.69, 9.17) is 11.6 Å². The number of aromatic nitrogens is 1. The summed E-state index contributed by atoms with van der Waals surface area (Å²) in [6.45, 7) is 2.06. The number of carbonyl (C=O) groups excluding carboxylic acids is 2. The quantitative estimate of drug-likeness (QED) is 0.438. The van der Waals surface area contributed by atoms with Gasteiger partial charge < -0.3 is 9.88 Å². The Morgan fingerprint density at radius 3 is 2.56 bits per heavy atom. The topological polar surface area (TPSA) is 68.2 Å². The van der Waals surface area contributed by atoms with Gasteiger partial charge in [-0.3, -0.25) is 14.4 Å². The number of anilines is 1. The predicted molar refractivity (Wildman–Crippen MR) is 126 cm³/mol. The number of nitrogens with zero attached hydrogens (tertiary/aromatic N) is 1. The van der Waals surface area contributed by atoms with Gasteiger partial charge in [-0.2, -0.15) is 0 Å². The van der Waals surface area contributed by atoms with E-state index in [1.54, 1.807) is 48.7 Å². The van der Waals surface area contributed by atoms with E-state index < -0.39 is 5.91 Å². The van der Waals surface area contributed by atoms with Crippen molar-refractivity contribution in [2.75, 3.05) is 5.32 Å². The predicted octanol–water partition coefficient (Wildman–Crippen LogP) is 5.26. The molecule has 0 aliphatic carbocycles. The van der Waals surface area contributed by atoms with Crippen LogP contribution in [0.25, 0.3) is 10.9 Å². The van der Waals surface area contributed by atoms with Crippen LogP contribution >= 0.6 is 11.6 Å². The molecule has 3 aromatic carbocycles. The molecule has 4 aromatic rings. The molecule has 1 aromatic heterocycles. The Balaban J connectivity index is 1.56. The average molecular weight is 443 g/mol. The van der Waals surface area contributed by atoms with Gasteiger partial charge in [0.05, 0.1) is 11.2 Å². The molecule has 1 atom stereocenters. The molecule has 5 rings (SSSR count). The molecule has 1 N–H and O–H groups in total. The molecule has 0 spiro atoms. The standard InChI is InChI=1S/C26H19ClN2O3/c1-15-12-17-8-5-9-19-23(17)29(15)14-21(25(19)31)26(32)28-22-11-10-18(27)13-20(22)24(30)16-6-3-2-4-7-16/h2-11,13-15H,12H2,1H3,(H,28,32). The molecule has 32 heavy (non-hydrogen) atoms. The fourth-order valence-electron chi connectivity index (χ4n) is 4.33. The highest BCUT2D eigenvalue weighted by Gasteiger charge is 2.25. The summed E-state index contributed by atoms with van der Waals surface area (Å²) in [7, 11) is 0.